The van der Waals surface area contributed by atoms with Crippen molar-refractivity contribution < 1.29 is 27.1 Å². The summed E-state index contributed by atoms with van der Waals surface area (Å²) in [6.45, 7) is 5.43. The largest absolute Gasteiger partial charge is 0.494 e. The summed E-state index contributed by atoms with van der Waals surface area (Å²) in [6.07, 6.45) is 3.52. The second-order valence-corrected chi connectivity index (χ2v) is 12.3. The molecule has 3 rings (SSSR count). The summed E-state index contributed by atoms with van der Waals surface area (Å²) in [6, 6.07) is 17.8. The zero-order valence-electron chi connectivity index (χ0n) is 24.4. The highest BCUT2D eigenvalue weighted by Crippen LogP contribution is 2.28. The molecule has 0 heterocycles. The second-order valence-electron chi connectivity index (χ2n) is 9.55. The summed E-state index contributed by atoms with van der Waals surface area (Å²) in [7, 11) is -4.22. The molecule has 0 aliphatic heterocycles. The van der Waals surface area contributed by atoms with Crippen LogP contribution in [-0.2, 0) is 26.2 Å². The summed E-state index contributed by atoms with van der Waals surface area (Å²) in [5.41, 5.74) is 0.453. The average Bonchev–Trinajstić information content (AvgIpc) is 2.99. The molecule has 42 heavy (non-hydrogen) atoms. The SMILES string of the molecule is CCCCNC(=O)[C@@H](C)N(Cc1ccccc1F)C(=O)CN(c1ccc(OCC)cc1)S(=O)(=O)c1ccc(SC)cc1. The molecule has 0 aliphatic carbocycles. The predicted molar refractivity (Wildman–Crippen MR) is 165 cm³/mol. The number of hydrogen-bond acceptors (Lipinski definition) is 6. The van der Waals surface area contributed by atoms with Gasteiger partial charge in [0, 0.05) is 23.5 Å². The van der Waals surface area contributed by atoms with Gasteiger partial charge in [-0.2, -0.15) is 0 Å². The van der Waals surface area contributed by atoms with Crippen LogP contribution in [0, 0.1) is 5.82 Å². The van der Waals surface area contributed by atoms with Gasteiger partial charge in [-0.15, -0.1) is 11.8 Å². The number of nitrogens with zero attached hydrogens (tertiary/aromatic N) is 2. The Morgan fingerprint density at radius 1 is 1.00 bits per heavy atom. The summed E-state index contributed by atoms with van der Waals surface area (Å²) in [5.74, 6) is -1.04. The highest BCUT2D eigenvalue weighted by molar-refractivity contribution is 7.98. The molecule has 0 fully saturated rings. The molecular weight excluding hydrogens is 577 g/mol. The van der Waals surface area contributed by atoms with E-state index in [1.807, 2.05) is 20.1 Å². The third kappa shape index (κ3) is 8.48. The number of hydrogen-bond donors (Lipinski definition) is 1. The lowest BCUT2D eigenvalue weighted by Crippen LogP contribution is -2.51. The highest BCUT2D eigenvalue weighted by atomic mass is 32.2. The molecule has 226 valence electrons. The maximum Gasteiger partial charge on any atom is 0.264 e. The van der Waals surface area contributed by atoms with E-state index in [0.29, 0.717) is 18.9 Å². The molecule has 0 spiro atoms. The van der Waals surface area contributed by atoms with Crippen LogP contribution in [0.15, 0.2) is 82.6 Å². The Morgan fingerprint density at radius 2 is 1.67 bits per heavy atom. The van der Waals surface area contributed by atoms with Crippen molar-refractivity contribution in [1.82, 2.24) is 10.2 Å². The second kappa shape index (κ2) is 15.6. The first-order chi connectivity index (χ1) is 20.1. The van der Waals surface area contributed by atoms with Gasteiger partial charge in [-0.25, -0.2) is 12.8 Å². The Labute approximate surface area is 252 Å². The molecule has 0 saturated heterocycles. The lowest BCUT2D eigenvalue weighted by molar-refractivity contribution is -0.139. The Balaban J connectivity index is 2.02. The van der Waals surface area contributed by atoms with Crippen LogP contribution in [0.3, 0.4) is 0 Å². The number of nitrogens with one attached hydrogen (secondary N) is 1. The first kappa shape index (κ1) is 32.9. The number of thioether (sulfide) groups is 1. The molecule has 1 atom stereocenters. The lowest BCUT2D eigenvalue weighted by Gasteiger charge is -2.32. The zero-order chi connectivity index (χ0) is 30.7. The number of amides is 2. The van der Waals surface area contributed by atoms with Gasteiger partial charge in [0.2, 0.25) is 11.8 Å². The third-order valence-electron chi connectivity index (χ3n) is 6.66. The fourth-order valence-electron chi connectivity index (χ4n) is 4.21. The van der Waals surface area contributed by atoms with Gasteiger partial charge in [0.1, 0.15) is 24.2 Å². The average molecular weight is 616 g/mol. The molecule has 1 N–H and O–H groups in total. The van der Waals surface area contributed by atoms with Crippen LogP contribution in [0.25, 0.3) is 0 Å². The topological polar surface area (TPSA) is 96.0 Å². The number of carbonyl (C=O) groups excluding carboxylic acids is 2. The standard InChI is InChI=1S/C31H38FN3O5S2/c1-5-7-20-33-31(37)23(3)34(21-24-10-8-9-11-29(24)32)30(36)22-35(25-12-14-26(15-13-25)40-6-2)42(38,39)28-18-16-27(41-4)17-19-28/h8-19,23H,5-7,20-22H2,1-4H3,(H,33,37)/t23-/m1/s1. The predicted octanol–water partition coefficient (Wildman–Crippen LogP) is 5.48. The van der Waals surface area contributed by atoms with E-state index in [1.165, 1.54) is 47.0 Å². The van der Waals surface area contributed by atoms with Gasteiger partial charge in [-0.1, -0.05) is 31.5 Å². The molecule has 0 aliphatic rings. The van der Waals surface area contributed by atoms with Crippen LogP contribution >= 0.6 is 11.8 Å². The number of halogens is 1. The summed E-state index contributed by atoms with van der Waals surface area (Å²) in [5, 5.41) is 2.81. The van der Waals surface area contributed by atoms with Crippen molar-refractivity contribution in [3.63, 3.8) is 0 Å². The summed E-state index contributed by atoms with van der Waals surface area (Å²) in [4.78, 5) is 29.1. The Kier molecular flexibility index (Phi) is 12.2. The molecule has 0 saturated carbocycles. The molecule has 2 amide bonds. The Bertz CT molecular complexity index is 1430. The van der Waals surface area contributed by atoms with Crippen LogP contribution in [0.1, 0.15) is 39.2 Å². The van der Waals surface area contributed by atoms with Gasteiger partial charge in [0.05, 0.1) is 17.2 Å². The minimum Gasteiger partial charge on any atom is -0.494 e. The highest BCUT2D eigenvalue weighted by Gasteiger charge is 2.33. The molecule has 8 nitrogen and oxygen atoms in total. The number of rotatable bonds is 15. The number of sulfonamides is 1. The maximum absolute atomic E-state index is 14.7. The third-order valence-corrected chi connectivity index (χ3v) is 9.19. The van der Waals surface area contributed by atoms with Crippen molar-refractivity contribution in [2.45, 2.75) is 56.0 Å². The quantitative estimate of drug-likeness (QED) is 0.180. The van der Waals surface area contributed by atoms with Gasteiger partial charge in [0.25, 0.3) is 10.0 Å². The molecule has 3 aromatic rings. The van der Waals surface area contributed by atoms with Crippen LogP contribution in [0.2, 0.25) is 0 Å². The zero-order valence-corrected chi connectivity index (χ0v) is 26.0. The minimum atomic E-state index is -4.22. The van der Waals surface area contributed by atoms with Crippen molar-refractivity contribution in [3.05, 3.63) is 84.2 Å². The molecular formula is C31H38FN3O5S2. The smallest absolute Gasteiger partial charge is 0.264 e. The maximum atomic E-state index is 14.7. The Hall–Kier alpha value is -3.57. The number of unbranched alkanes of at least 4 members (excludes halogenated alkanes) is 1. The van der Waals surface area contributed by atoms with Crippen molar-refractivity contribution in [1.29, 1.82) is 0 Å². The summed E-state index contributed by atoms with van der Waals surface area (Å²) < 4.78 is 49.1. The van der Waals surface area contributed by atoms with Crippen molar-refractivity contribution in [2.75, 3.05) is 30.3 Å². The molecule has 0 bridgehead atoms. The molecule has 3 aromatic carbocycles. The number of benzene rings is 3. The summed E-state index contributed by atoms with van der Waals surface area (Å²) >= 11 is 1.48. The van der Waals surface area contributed by atoms with Crippen LogP contribution < -0.4 is 14.4 Å². The van der Waals surface area contributed by atoms with E-state index in [4.69, 9.17) is 4.74 Å². The van der Waals surface area contributed by atoms with E-state index in [0.717, 1.165) is 22.0 Å². The van der Waals surface area contributed by atoms with Gasteiger partial charge in [0.15, 0.2) is 0 Å². The molecule has 0 radical (unpaired) electrons. The van der Waals surface area contributed by atoms with Gasteiger partial charge >= 0.3 is 0 Å². The fraction of sp³-hybridized carbons (Fsp3) is 0.355. The van der Waals surface area contributed by atoms with Crippen molar-refractivity contribution in [3.8, 4) is 5.75 Å². The van der Waals surface area contributed by atoms with E-state index in [-0.39, 0.29) is 22.7 Å². The normalized spacial score (nSPS) is 11.9. The number of anilines is 1. The first-order valence-electron chi connectivity index (χ1n) is 13.8. The fourth-order valence-corrected chi connectivity index (χ4v) is 6.03. The monoisotopic (exact) mass is 615 g/mol. The first-order valence-corrected chi connectivity index (χ1v) is 16.5. The lowest BCUT2D eigenvalue weighted by atomic mass is 10.1. The van der Waals surface area contributed by atoms with E-state index in [2.05, 4.69) is 5.32 Å². The number of carbonyl (C=O) groups is 2. The van der Waals surface area contributed by atoms with Crippen molar-refractivity contribution in [2.24, 2.45) is 0 Å². The van der Waals surface area contributed by atoms with E-state index in [9.17, 15) is 22.4 Å². The minimum absolute atomic E-state index is 0.00740. The van der Waals surface area contributed by atoms with Gasteiger partial charge in [-0.05, 0) is 81.1 Å². The van der Waals surface area contributed by atoms with Gasteiger partial charge < -0.3 is 15.0 Å². The Morgan fingerprint density at radius 3 is 2.26 bits per heavy atom. The molecule has 11 heteroatoms. The number of ether oxygens (including phenoxy) is 1. The van der Waals surface area contributed by atoms with Crippen LogP contribution in [-0.4, -0.2) is 57.1 Å². The van der Waals surface area contributed by atoms with Crippen LogP contribution in [0.4, 0.5) is 10.1 Å². The van der Waals surface area contributed by atoms with E-state index < -0.39 is 40.2 Å². The van der Waals surface area contributed by atoms with E-state index >= 15 is 0 Å². The molecule has 0 aromatic heterocycles. The van der Waals surface area contributed by atoms with Gasteiger partial charge in [-0.3, -0.25) is 13.9 Å². The van der Waals surface area contributed by atoms with E-state index in [1.54, 1.807) is 49.4 Å². The van der Waals surface area contributed by atoms with Crippen LogP contribution in [0.5, 0.6) is 5.75 Å². The molecule has 0 unspecified atom stereocenters. The van der Waals surface area contributed by atoms with Crippen molar-refractivity contribution >= 4 is 39.3 Å².